The van der Waals surface area contributed by atoms with Gasteiger partial charge in [-0.2, -0.15) is 0 Å². The number of carbonyl (C=O) groups is 3. The van der Waals surface area contributed by atoms with Crippen LogP contribution in [0.1, 0.15) is 23.5 Å². The van der Waals surface area contributed by atoms with Gasteiger partial charge in [-0.15, -0.1) is 0 Å². The maximum Gasteiger partial charge on any atom is 0.407 e. The lowest BCUT2D eigenvalue weighted by atomic mass is 9.98. The molecule has 0 radical (unpaired) electrons. The van der Waals surface area contributed by atoms with E-state index in [4.69, 9.17) is 9.84 Å². The molecule has 0 aromatic heterocycles. The first-order valence-electron chi connectivity index (χ1n) is 10.6. The number of carboxylic acids is 1. The summed E-state index contributed by atoms with van der Waals surface area (Å²) in [5.41, 5.74) is 4.43. The smallest absolute Gasteiger partial charge is 0.407 e. The van der Waals surface area contributed by atoms with Gasteiger partial charge < -0.3 is 20.5 Å². The standard InChI is InChI=1S/C24H26N2O7S/c1-34(31,32)14-12-21(23(28)29)26-22(27)11-6-13-25-24(30)33-15-20-18-9-4-2-7-16(18)17-8-3-5-10-19(17)20/h2-11,20-21H,12-15H2,1H3,(H,25,30)(H,26,27)(H,28,29)/b11-6+. The number of fused-ring (bicyclic) bond motifs is 3. The fourth-order valence-corrected chi connectivity index (χ4v) is 4.43. The number of carbonyl (C=O) groups excluding carboxylic acids is 2. The summed E-state index contributed by atoms with van der Waals surface area (Å²) in [6, 6.07) is 14.6. The Morgan fingerprint density at radius 1 is 1.06 bits per heavy atom. The van der Waals surface area contributed by atoms with E-state index in [1.807, 2.05) is 48.5 Å². The van der Waals surface area contributed by atoms with Crippen molar-refractivity contribution in [2.24, 2.45) is 0 Å². The van der Waals surface area contributed by atoms with Gasteiger partial charge in [0.15, 0.2) is 0 Å². The summed E-state index contributed by atoms with van der Waals surface area (Å²) in [5.74, 6) is -2.48. The predicted octanol–water partition coefficient (Wildman–Crippen LogP) is 2.09. The first-order chi connectivity index (χ1) is 16.2. The van der Waals surface area contributed by atoms with Gasteiger partial charge in [-0.05, 0) is 28.7 Å². The Hall–Kier alpha value is -3.66. The Kier molecular flexibility index (Phi) is 8.06. The maximum atomic E-state index is 12.1. The van der Waals surface area contributed by atoms with E-state index in [9.17, 15) is 22.8 Å². The molecule has 0 saturated heterocycles. The molecule has 3 N–H and O–H groups in total. The summed E-state index contributed by atoms with van der Waals surface area (Å²) in [4.78, 5) is 35.2. The first kappa shape index (κ1) is 25.0. The van der Waals surface area contributed by atoms with Crippen molar-refractivity contribution in [1.82, 2.24) is 10.6 Å². The second-order valence-corrected chi connectivity index (χ2v) is 10.2. The predicted molar refractivity (Wildman–Crippen MR) is 126 cm³/mol. The Morgan fingerprint density at radius 2 is 1.65 bits per heavy atom. The van der Waals surface area contributed by atoms with Crippen LogP contribution in [0.3, 0.4) is 0 Å². The lowest BCUT2D eigenvalue weighted by Gasteiger charge is -2.14. The Bertz CT molecular complexity index is 1160. The van der Waals surface area contributed by atoms with E-state index in [0.29, 0.717) is 0 Å². The van der Waals surface area contributed by atoms with E-state index in [-0.39, 0.29) is 31.2 Å². The maximum absolute atomic E-state index is 12.1. The van der Waals surface area contributed by atoms with Crippen LogP contribution in [-0.2, 0) is 24.2 Å². The third kappa shape index (κ3) is 6.67. The molecule has 1 unspecified atom stereocenters. The summed E-state index contributed by atoms with van der Waals surface area (Å²) in [5, 5.41) is 13.9. The van der Waals surface area contributed by atoms with Gasteiger partial charge in [-0.3, -0.25) is 4.79 Å². The molecule has 0 bridgehead atoms. The highest BCUT2D eigenvalue weighted by molar-refractivity contribution is 7.90. The van der Waals surface area contributed by atoms with E-state index in [2.05, 4.69) is 10.6 Å². The summed E-state index contributed by atoms with van der Waals surface area (Å²) < 4.78 is 27.8. The highest BCUT2D eigenvalue weighted by Crippen LogP contribution is 2.44. The van der Waals surface area contributed by atoms with E-state index < -0.39 is 33.8 Å². The molecule has 9 nitrogen and oxygen atoms in total. The molecule has 0 aliphatic heterocycles. The lowest BCUT2D eigenvalue weighted by molar-refractivity contribution is -0.141. The molecular weight excluding hydrogens is 460 g/mol. The highest BCUT2D eigenvalue weighted by atomic mass is 32.2. The number of ether oxygens (including phenoxy) is 1. The minimum absolute atomic E-state index is 0.00876. The molecule has 3 rings (SSSR count). The molecule has 1 aliphatic rings. The van der Waals surface area contributed by atoms with E-state index in [1.54, 1.807) is 0 Å². The Balaban J connectivity index is 1.46. The van der Waals surface area contributed by atoms with Gasteiger partial charge in [-0.1, -0.05) is 54.6 Å². The van der Waals surface area contributed by atoms with Gasteiger partial charge >= 0.3 is 12.1 Å². The van der Waals surface area contributed by atoms with Crippen LogP contribution < -0.4 is 10.6 Å². The van der Waals surface area contributed by atoms with Crippen LogP contribution in [0.2, 0.25) is 0 Å². The molecule has 1 atom stereocenters. The number of carboxylic acid groups (broad SMARTS) is 1. The van der Waals surface area contributed by atoms with Crippen LogP contribution in [-0.4, -0.2) is 62.7 Å². The molecule has 34 heavy (non-hydrogen) atoms. The molecule has 2 aromatic rings. The average Bonchev–Trinajstić information content (AvgIpc) is 3.11. The number of benzene rings is 2. The van der Waals surface area contributed by atoms with E-state index in [1.165, 1.54) is 6.08 Å². The quantitative estimate of drug-likeness (QED) is 0.437. The highest BCUT2D eigenvalue weighted by Gasteiger charge is 2.29. The van der Waals surface area contributed by atoms with Crippen molar-refractivity contribution in [2.45, 2.75) is 18.4 Å². The molecular formula is C24H26N2O7S. The third-order valence-corrected chi connectivity index (χ3v) is 6.35. The van der Waals surface area contributed by atoms with Gasteiger partial charge in [0.2, 0.25) is 5.91 Å². The second kappa shape index (κ2) is 11.0. The zero-order valence-corrected chi connectivity index (χ0v) is 19.4. The SMILES string of the molecule is CS(=O)(=O)CCC(NC(=O)/C=C/CNC(=O)OCC1c2ccccc2-c2ccccc21)C(=O)O. The van der Waals surface area contributed by atoms with Crippen molar-refractivity contribution in [3.63, 3.8) is 0 Å². The third-order valence-electron chi connectivity index (χ3n) is 5.37. The van der Waals surface area contributed by atoms with Crippen LogP contribution in [0, 0.1) is 0 Å². The number of amides is 2. The minimum Gasteiger partial charge on any atom is -0.480 e. The average molecular weight is 487 g/mol. The zero-order valence-electron chi connectivity index (χ0n) is 18.6. The van der Waals surface area contributed by atoms with Crippen molar-refractivity contribution < 1.29 is 32.6 Å². The summed E-state index contributed by atoms with van der Waals surface area (Å²) in [6.07, 6.45) is 2.50. The molecule has 2 amide bonds. The topological polar surface area (TPSA) is 139 Å². The molecule has 0 spiro atoms. The van der Waals surface area contributed by atoms with Crippen molar-refractivity contribution in [3.05, 3.63) is 71.8 Å². The molecule has 1 aliphatic carbocycles. The molecule has 2 aromatic carbocycles. The summed E-state index contributed by atoms with van der Waals surface area (Å²) in [6.45, 7) is 0.149. The van der Waals surface area contributed by atoms with Crippen molar-refractivity contribution in [2.75, 3.05) is 25.2 Å². The normalized spacial score (nSPS) is 13.7. The minimum atomic E-state index is -3.36. The lowest BCUT2D eigenvalue weighted by Crippen LogP contribution is -2.41. The number of sulfone groups is 1. The van der Waals surface area contributed by atoms with Gasteiger partial charge in [0, 0.05) is 24.8 Å². The number of alkyl carbamates (subject to hydrolysis) is 1. The van der Waals surface area contributed by atoms with Crippen LogP contribution in [0.25, 0.3) is 11.1 Å². The van der Waals surface area contributed by atoms with Crippen LogP contribution in [0.5, 0.6) is 0 Å². The van der Waals surface area contributed by atoms with Crippen LogP contribution in [0.4, 0.5) is 4.79 Å². The zero-order chi connectivity index (χ0) is 24.7. The monoisotopic (exact) mass is 486 g/mol. The molecule has 0 saturated carbocycles. The fraction of sp³-hybridized carbons (Fsp3) is 0.292. The second-order valence-electron chi connectivity index (χ2n) is 7.93. The Morgan fingerprint density at radius 3 is 2.21 bits per heavy atom. The number of aliphatic carboxylic acids is 1. The summed E-state index contributed by atoms with van der Waals surface area (Å²) in [7, 11) is -3.36. The van der Waals surface area contributed by atoms with Crippen molar-refractivity contribution in [1.29, 1.82) is 0 Å². The number of hydrogen-bond donors (Lipinski definition) is 3. The largest absolute Gasteiger partial charge is 0.480 e. The van der Waals surface area contributed by atoms with Crippen LogP contribution >= 0.6 is 0 Å². The van der Waals surface area contributed by atoms with E-state index in [0.717, 1.165) is 34.6 Å². The molecule has 180 valence electrons. The molecule has 0 heterocycles. The van der Waals surface area contributed by atoms with Gasteiger partial charge in [0.05, 0.1) is 5.75 Å². The van der Waals surface area contributed by atoms with Gasteiger partial charge in [0.1, 0.15) is 22.5 Å². The first-order valence-corrected chi connectivity index (χ1v) is 12.7. The number of hydrogen-bond acceptors (Lipinski definition) is 6. The fourth-order valence-electron chi connectivity index (χ4n) is 3.77. The van der Waals surface area contributed by atoms with Gasteiger partial charge in [0.25, 0.3) is 0 Å². The van der Waals surface area contributed by atoms with Crippen molar-refractivity contribution in [3.8, 4) is 11.1 Å². The van der Waals surface area contributed by atoms with Crippen LogP contribution in [0.15, 0.2) is 60.7 Å². The van der Waals surface area contributed by atoms with Crippen molar-refractivity contribution >= 4 is 27.8 Å². The molecule has 10 heteroatoms. The molecule has 0 fully saturated rings. The Labute approximate surface area is 197 Å². The number of rotatable bonds is 10. The van der Waals surface area contributed by atoms with E-state index >= 15 is 0 Å². The summed E-state index contributed by atoms with van der Waals surface area (Å²) >= 11 is 0. The number of nitrogens with one attached hydrogen (secondary N) is 2. The van der Waals surface area contributed by atoms with Gasteiger partial charge in [-0.25, -0.2) is 18.0 Å².